The average molecular weight is 263 g/mol. The van der Waals surface area contributed by atoms with Crippen LogP contribution in [0.15, 0.2) is 24.3 Å². The molecule has 0 amide bonds. The van der Waals surface area contributed by atoms with E-state index in [2.05, 4.69) is 0 Å². The van der Waals surface area contributed by atoms with Crippen LogP contribution in [0.5, 0.6) is 5.75 Å². The first kappa shape index (κ1) is 14.8. The van der Waals surface area contributed by atoms with Gasteiger partial charge in [-0.2, -0.15) is 13.2 Å². The second-order valence-electron chi connectivity index (χ2n) is 3.90. The molecule has 0 saturated heterocycles. The van der Waals surface area contributed by atoms with E-state index >= 15 is 0 Å². The van der Waals surface area contributed by atoms with Crippen molar-refractivity contribution in [3.8, 4) is 5.75 Å². The van der Waals surface area contributed by atoms with Crippen LogP contribution in [0, 0.1) is 0 Å². The fourth-order valence-electron chi connectivity index (χ4n) is 1.31. The number of nitrogens with two attached hydrogens (primary N) is 1. The standard InChI is InChI=1S/C12H16F3NO2/c1-8(12(13,14)15)18-7-11(16)9-4-3-5-10(6-9)17-2/h3-6,8,11H,7,16H2,1-2H3. The Morgan fingerprint density at radius 3 is 2.56 bits per heavy atom. The molecular formula is C12H16F3NO2. The highest BCUT2D eigenvalue weighted by molar-refractivity contribution is 5.30. The van der Waals surface area contributed by atoms with Gasteiger partial charge in [0.15, 0.2) is 6.10 Å². The summed E-state index contributed by atoms with van der Waals surface area (Å²) in [5.41, 5.74) is 6.43. The molecular weight excluding hydrogens is 247 g/mol. The lowest BCUT2D eigenvalue weighted by molar-refractivity contribution is -0.215. The molecule has 2 unspecified atom stereocenters. The minimum absolute atomic E-state index is 0.201. The molecule has 0 aliphatic carbocycles. The number of alkyl halides is 3. The van der Waals surface area contributed by atoms with Crippen LogP contribution in [-0.2, 0) is 4.74 Å². The largest absolute Gasteiger partial charge is 0.497 e. The molecule has 0 aliphatic heterocycles. The van der Waals surface area contributed by atoms with Gasteiger partial charge >= 0.3 is 6.18 Å². The monoisotopic (exact) mass is 263 g/mol. The van der Waals surface area contributed by atoms with Crippen LogP contribution in [0.4, 0.5) is 13.2 Å². The molecule has 1 rings (SSSR count). The predicted molar refractivity (Wildman–Crippen MR) is 61.4 cm³/mol. The highest BCUT2D eigenvalue weighted by atomic mass is 19.4. The van der Waals surface area contributed by atoms with Gasteiger partial charge in [0.1, 0.15) is 5.75 Å². The molecule has 0 radical (unpaired) electrons. The molecule has 0 aliphatic rings. The minimum Gasteiger partial charge on any atom is -0.497 e. The van der Waals surface area contributed by atoms with Gasteiger partial charge in [0.2, 0.25) is 0 Å². The number of halogens is 3. The van der Waals surface area contributed by atoms with Crippen molar-refractivity contribution in [1.29, 1.82) is 0 Å². The first-order valence-electron chi connectivity index (χ1n) is 5.42. The van der Waals surface area contributed by atoms with Crippen LogP contribution >= 0.6 is 0 Å². The second-order valence-corrected chi connectivity index (χ2v) is 3.90. The van der Waals surface area contributed by atoms with E-state index in [0.717, 1.165) is 6.92 Å². The Kier molecular flexibility index (Phi) is 4.98. The van der Waals surface area contributed by atoms with Crippen molar-refractivity contribution in [3.63, 3.8) is 0 Å². The normalized spacial score (nSPS) is 15.2. The Morgan fingerprint density at radius 1 is 1.33 bits per heavy atom. The SMILES string of the molecule is COc1cccc(C(N)COC(C)C(F)(F)F)c1. The third-order valence-electron chi connectivity index (χ3n) is 2.51. The van der Waals surface area contributed by atoms with Crippen LogP contribution in [0.3, 0.4) is 0 Å². The smallest absolute Gasteiger partial charge is 0.414 e. The van der Waals surface area contributed by atoms with Crippen molar-refractivity contribution in [2.24, 2.45) is 5.73 Å². The number of rotatable bonds is 5. The zero-order chi connectivity index (χ0) is 13.8. The van der Waals surface area contributed by atoms with Gasteiger partial charge in [-0.25, -0.2) is 0 Å². The molecule has 1 aromatic rings. The van der Waals surface area contributed by atoms with Crippen molar-refractivity contribution in [3.05, 3.63) is 29.8 Å². The van der Waals surface area contributed by atoms with Gasteiger partial charge in [0.25, 0.3) is 0 Å². The highest BCUT2D eigenvalue weighted by Crippen LogP contribution is 2.24. The number of benzene rings is 1. The van der Waals surface area contributed by atoms with E-state index in [9.17, 15) is 13.2 Å². The van der Waals surface area contributed by atoms with Gasteiger partial charge in [-0.15, -0.1) is 0 Å². The molecule has 0 bridgehead atoms. The van der Waals surface area contributed by atoms with Crippen LogP contribution in [-0.4, -0.2) is 26.0 Å². The summed E-state index contributed by atoms with van der Waals surface area (Å²) in [6.07, 6.45) is -6.19. The molecule has 0 spiro atoms. The predicted octanol–water partition coefficient (Wildman–Crippen LogP) is 2.66. The molecule has 2 atom stereocenters. The maximum absolute atomic E-state index is 12.2. The summed E-state index contributed by atoms with van der Waals surface area (Å²) >= 11 is 0. The van der Waals surface area contributed by atoms with Crippen molar-refractivity contribution in [2.75, 3.05) is 13.7 Å². The number of ether oxygens (including phenoxy) is 2. The zero-order valence-electron chi connectivity index (χ0n) is 10.2. The molecule has 0 fully saturated rings. The van der Waals surface area contributed by atoms with Crippen molar-refractivity contribution in [1.82, 2.24) is 0 Å². The fraction of sp³-hybridized carbons (Fsp3) is 0.500. The lowest BCUT2D eigenvalue weighted by Gasteiger charge is -2.19. The van der Waals surface area contributed by atoms with Crippen molar-refractivity contribution < 1.29 is 22.6 Å². The van der Waals surface area contributed by atoms with E-state index in [1.54, 1.807) is 24.3 Å². The first-order valence-corrected chi connectivity index (χ1v) is 5.42. The van der Waals surface area contributed by atoms with E-state index in [-0.39, 0.29) is 6.61 Å². The minimum atomic E-state index is -4.37. The molecule has 0 saturated carbocycles. The average Bonchev–Trinajstić information content (AvgIpc) is 2.34. The van der Waals surface area contributed by atoms with E-state index in [4.69, 9.17) is 15.2 Å². The maximum atomic E-state index is 12.2. The molecule has 18 heavy (non-hydrogen) atoms. The van der Waals surface area contributed by atoms with Gasteiger partial charge < -0.3 is 15.2 Å². The van der Waals surface area contributed by atoms with E-state index in [1.165, 1.54) is 7.11 Å². The van der Waals surface area contributed by atoms with Crippen molar-refractivity contribution >= 4 is 0 Å². The number of hydrogen-bond donors (Lipinski definition) is 1. The van der Waals surface area contributed by atoms with Crippen LogP contribution in [0.1, 0.15) is 18.5 Å². The second kappa shape index (κ2) is 6.06. The Balaban J connectivity index is 2.57. The lowest BCUT2D eigenvalue weighted by Crippen LogP contribution is -2.31. The lowest BCUT2D eigenvalue weighted by atomic mass is 10.1. The van der Waals surface area contributed by atoms with Crippen LogP contribution in [0.2, 0.25) is 0 Å². The van der Waals surface area contributed by atoms with Crippen LogP contribution in [0.25, 0.3) is 0 Å². The number of hydrogen-bond acceptors (Lipinski definition) is 3. The summed E-state index contributed by atoms with van der Waals surface area (Å²) in [5, 5.41) is 0. The fourth-order valence-corrected chi connectivity index (χ4v) is 1.31. The molecule has 0 aromatic heterocycles. The third-order valence-corrected chi connectivity index (χ3v) is 2.51. The Morgan fingerprint density at radius 2 is 2.00 bits per heavy atom. The summed E-state index contributed by atoms with van der Waals surface area (Å²) in [6, 6.07) is 6.22. The molecule has 2 N–H and O–H groups in total. The highest BCUT2D eigenvalue weighted by Gasteiger charge is 2.37. The first-order chi connectivity index (χ1) is 8.34. The van der Waals surface area contributed by atoms with Gasteiger partial charge in [-0.3, -0.25) is 0 Å². The summed E-state index contributed by atoms with van der Waals surface area (Å²) in [5.74, 6) is 0.604. The third kappa shape index (κ3) is 4.19. The summed E-state index contributed by atoms with van der Waals surface area (Å²) in [7, 11) is 1.51. The Bertz CT molecular complexity index is 382. The molecule has 6 heteroatoms. The molecule has 1 aromatic carbocycles. The van der Waals surface area contributed by atoms with Gasteiger partial charge in [0, 0.05) is 0 Å². The molecule has 0 heterocycles. The van der Waals surface area contributed by atoms with Gasteiger partial charge in [-0.1, -0.05) is 12.1 Å². The van der Waals surface area contributed by atoms with Gasteiger partial charge in [-0.05, 0) is 24.6 Å². The van der Waals surface area contributed by atoms with Crippen LogP contribution < -0.4 is 10.5 Å². The zero-order valence-corrected chi connectivity index (χ0v) is 10.2. The summed E-state index contributed by atoms with van der Waals surface area (Å²) in [6.45, 7) is 0.756. The Hall–Kier alpha value is -1.27. The number of methoxy groups -OCH3 is 1. The van der Waals surface area contributed by atoms with Crippen molar-refractivity contribution in [2.45, 2.75) is 25.2 Å². The summed E-state index contributed by atoms with van der Waals surface area (Å²) in [4.78, 5) is 0. The summed E-state index contributed by atoms with van der Waals surface area (Å²) < 4.78 is 46.4. The quantitative estimate of drug-likeness (QED) is 0.888. The molecule has 3 nitrogen and oxygen atoms in total. The van der Waals surface area contributed by atoms with E-state index in [0.29, 0.717) is 11.3 Å². The Labute approximate surface area is 104 Å². The van der Waals surface area contributed by atoms with Gasteiger partial charge in [0.05, 0.1) is 19.8 Å². The maximum Gasteiger partial charge on any atom is 0.414 e. The topological polar surface area (TPSA) is 44.5 Å². The van der Waals surface area contributed by atoms with E-state index < -0.39 is 18.3 Å². The molecule has 102 valence electrons. The van der Waals surface area contributed by atoms with E-state index in [1.807, 2.05) is 0 Å².